The molecule has 6 N–H and O–H groups in total. The Labute approximate surface area is 179 Å². The second kappa shape index (κ2) is 8.57. The molecule has 1 atom stereocenters. The first-order valence-corrected chi connectivity index (χ1v) is 9.34. The molecule has 9 nitrogen and oxygen atoms in total. The summed E-state index contributed by atoms with van der Waals surface area (Å²) >= 11 is 0. The minimum absolute atomic E-state index is 0.0772. The number of anilines is 1. The molecule has 0 saturated carbocycles. The molecule has 32 heavy (non-hydrogen) atoms. The van der Waals surface area contributed by atoms with Crippen LogP contribution >= 0.6 is 0 Å². The Hall–Kier alpha value is -4.09. The molecule has 3 aromatic rings. The van der Waals surface area contributed by atoms with Crippen LogP contribution in [0.4, 0.5) is 18.9 Å². The first kappa shape index (κ1) is 22.6. The Balaban J connectivity index is 2.03. The van der Waals surface area contributed by atoms with E-state index in [-0.39, 0.29) is 33.5 Å². The molecule has 3 rings (SSSR count). The van der Waals surface area contributed by atoms with E-state index in [9.17, 15) is 22.8 Å². The maximum atomic E-state index is 13.1. The van der Waals surface area contributed by atoms with Crippen LogP contribution in [0.5, 0.6) is 0 Å². The highest BCUT2D eigenvalue weighted by Gasteiger charge is 2.31. The van der Waals surface area contributed by atoms with Gasteiger partial charge in [-0.05, 0) is 36.8 Å². The van der Waals surface area contributed by atoms with Crippen LogP contribution < -0.4 is 21.9 Å². The monoisotopic (exact) mass is 447 g/mol. The van der Waals surface area contributed by atoms with Crippen LogP contribution in [0.1, 0.15) is 34.6 Å². The van der Waals surface area contributed by atoms with Gasteiger partial charge in [0.25, 0.3) is 11.5 Å². The first-order chi connectivity index (χ1) is 15.1. The van der Waals surface area contributed by atoms with Gasteiger partial charge in [0.05, 0.1) is 22.5 Å². The smallest absolute Gasteiger partial charge is 0.399 e. The zero-order valence-corrected chi connectivity index (χ0v) is 17.0. The van der Waals surface area contributed by atoms with Crippen molar-refractivity contribution in [3.05, 3.63) is 63.8 Å². The van der Waals surface area contributed by atoms with Gasteiger partial charge in [0, 0.05) is 31.3 Å². The minimum atomic E-state index is -4.59. The number of rotatable bonds is 6. The molecule has 1 amide bonds. The van der Waals surface area contributed by atoms with E-state index in [1.807, 2.05) is 0 Å². The zero-order chi connectivity index (χ0) is 23.6. The van der Waals surface area contributed by atoms with Gasteiger partial charge in [-0.3, -0.25) is 9.59 Å². The highest BCUT2D eigenvalue weighted by Crippen LogP contribution is 2.32. The highest BCUT2D eigenvalue weighted by molar-refractivity contribution is 6.05. The molecular formula is C20H20F3N7O2. The maximum Gasteiger partial charge on any atom is 0.416 e. The van der Waals surface area contributed by atoms with Crippen LogP contribution in [0.15, 0.2) is 41.5 Å². The number of hydrogen-bond donors (Lipinski definition) is 5. The van der Waals surface area contributed by atoms with E-state index in [1.54, 1.807) is 7.05 Å². The summed E-state index contributed by atoms with van der Waals surface area (Å²) in [6.07, 6.45) is -0.892. The molecule has 168 valence electrons. The summed E-state index contributed by atoms with van der Waals surface area (Å²) in [7, 11) is 1.57. The van der Waals surface area contributed by atoms with Gasteiger partial charge >= 0.3 is 6.18 Å². The Morgan fingerprint density at radius 1 is 1.34 bits per heavy atom. The standard InChI is InChI=1S/C20H20F3N7O2/c1-10(11-5-12(20(21,22)23)7-13(25)6-11)28-18(31)17-16-15(3-4-27-16)19(32)30(29-17)14(8-24)9-26-2/h3-10,24,26-27H,25H2,1-2H3,(H,28,31)/b14-9+,24-8?/t10-/m1/s1. The lowest BCUT2D eigenvalue weighted by Crippen LogP contribution is -2.32. The number of hydrogen-bond acceptors (Lipinski definition) is 6. The predicted octanol–water partition coefficient (Wildman–Crippen LogP) is 2.48. The lowest BCUT2D eigenvalue weighted by molar-refractivity contribution is -0.137. The molecule has 12 heteroatoms. The van der Waals surface area contributed by atoms with Crippen LogP contribution in [0.2, 0.25) is 0 Å². The number of aromatic amines is 1. The predicted molar refractivity (Wildman–Crippen MR) is 114 cm³/mol. The maximum absolute atomic E-state index is 13.1. The molecule has 0 aliphatic carbocycles. The number of aromatic nitrogens is 3. The van der Waals surface area contributed by atoms with E-state index >= 15 is 0 Å². The van der Waals surface area contributed by atoms with Crippen LogP contribution in [-0.2, 0) is 6.18 Å². The van der Waals surface area contributed by atoms with E-state index in [0.29, 0.717) is 0 Å². The third kappa shape index (κ3) is 4.33. The second-order valence-electron chi connectivity index (χ2n) is 6.92. The largest absolute Gasteiger partial charge is 0.416 e. The molecule has 0 spiro atoms. The number of fused-ring (bicyclic) bond motifs is 1. The third-order valence-electron chi connectivity index (χ3n) is 4.66. The van der Waals surface area contributed by atoms with Gasteiger partial charge in [0.1, 0.15) is 5.70 Å². The van der Waals surface area contributed by atoms with Crippen molar-refractivity contribution in [2.24, 2.45) is 0 Å². The summed E-state index contributed by atoms with van der Waals surface area (Å²) in [4.78, 5) is 28.5. The minimum Gasteiger partial charge on any atom is -0.399 e. The number of alkyl halides is 3. The van der Waals surface area contributed by atoms with Crippen molar-refractivity contribution < 1.29 is 18.0 Å². The zero-order valence-electron chi connectivity index (χ0n) is 17.0. The van der Waals surface area contributed by atoms with Crippen molar-refractivity contribution in [3.63, 3.8) is 0 Å². The fraction of sp³-hybridized carbons (Fsp3) is 0.200. The fourth-order valence-corrected chi connectivity index (χ4v) is 3.14. The van der Waals surface area contributed by atoms with Crippen molar-refractivity contribution in [2.45, 2.75) is 19.1 Å². The van der Waals surface area contributed by atoms with Crippen molar-refractivity contribution in [1.29, 1.82) is 5.41 Å². The fourth-order valence-electron chi connectivity index (χ4n) is 3.14. The number of H-pyrrole nitrogens is 1. The Morgan fingerprint density at radius 2 is 2.06 bits per heavy atom. The number of nitrogens with zero attached hydrogens (tertiary/aromatic N) is 2. The summed E-state index contributed by atoms with van der Waals surface area (Å²) in [5.41, 5.74) is 4.25. The normalized spacial score (nSPS) is 13.1. The third-order valence-corrected chi connectivity index (χ3v) is 4.66. The van der Waals surface area contributed by atoms with Gasteiger partial charge < -0.3 is 26.8 Å². The number of carbonyl (C=O) groups excluding carboxylic acids is 1. The van der Waals surface area contributed by atoms with E-state index in [2.05, 4.69) is 20.7 Å². The SMILES string of the molecule is CN/C=C(\C=N)n1nc(C(=O)N[C@H](C)c2cc(N)cc(C(F)(F)F)c2)c2[nH]ccc2c1=O. The van der Waals surface area contributed by atoms with Crippen LogP contribution in [-0.4, -0.2) is 33.9 Å². The van der Waals surface area contributed by atoms with Gasteiger partial charge in [-0.2, -0.15) is 23.0 Å². The summed E-state index contributed by atoms with van der Waals surface area (Å²) in [6.45, 7) is 1.50. The molecular weight excluding hydrogens is 427 g/mol. The van der Waals surface area contributed by atoms with E-state index < -0.39 is 29.2 Å². The molecule has 2 heterocycles. The van der Waals surface area contributed by atoms with E-state index in [0.717, 1.165) is 23.0 Å². The topological polar surface area (TPSA) is 142 Å². The molecule has 0 bridgehead atoms. The van der Waals surface area contributed by atoms with Crippen LogP contribution in [0.3, 0.4) is 0 Å². The van der Waals surface area contributed by atoms with Crippen LogP contribution in [0.25, 0.3) is 16.6 Å². The number of carbonyl (C=O) groups is 1. The van der Waals surface area contributed by atoms with Gasteiger partial charge in [-0.25, -0.2) is 0 Å². The number of nitrogen functional groups attached to an aromatic ring is 1. The van der Waals surface area contributed by atoms with Crippen molar-refractivity contribution >= 4 is 34.4 Å². The lowest BCUT2D eigenvalue weighted by Gasteiger charge is -2.17. The number of allylic oxidation sites excluding steroid dienone is 1. The summed E-state index contributed by atoms with van der Waals surface area (Å²) in [5.74, 6) is -0.733. The molecule has 0 unspecified atom stereocenters. The number of halogens is 3. The van der Waals surface area contributed by atoms with E-state index in [4.69, 9.17) is 11.1 Å². The summed E-state index contributed by atoms with van der Waals surface area (Å²) in [5, 5.41) is 17.0. The average molecular weight is 447 g/mol. The number of benzene rings is 1. The van der Waals surface area contributed by atoms with E-state index in [1.165, 1.54) is 31.5 Å². The summed E-state index contributed by atoms with van der Waals surface area (Å²) < 4.78 is 40.2. The number of nitrogens with one attached hydrogen (secondary N) is 4. The van der Waals surface area contributed by atoms with Crippen molar-refractivity contribution in [2.75, 3.05) is 12.8 Å². The number of nitrogens with two attached hydrogens (primary N) is 1. The number of amides is 1. The average Bonchev–Trinajstić information content (AvgIpc) is 3.22. The molecule has 2 aromatic heterocycles. The molecule has 0 radical (unpaired) electrons. The highest BCUT2D eigenvalue weighted by atomic mass is 19.4. The quantitative estimate of drug-likeness (QED) is 0.292. The second-order valence-corrected chi connectivity index (χ2v) is 6.92. The molecule has 0 saturated heterocycles. The van der Waals surface area contributed by atoms with Gasteiger partial charge in [-0.1, -0.05) is 0 Å². The van der Waals surface area contributed by atoms with Gasteiger partial charge in [-0.15, -0.1) is 0 Å². The molecule has 0 aliphatic heterocycles. The Morgan fingerprint density at radius 3 is 2.69 bits per heavy atom. The van der Waals surface area contributed by atoms with Crippen molar-refractivity contribution in [1.82, 2.24) is 25.4 Å². The molecule has 0 fully saturated rings. The van der Waals surface area contributed by atoms with Gasteiger partial charge in [0.2, 0.25) is 0 Å². The van der Waals surface area contributed by atoms with Crippen LogP contribution in [0, 0.1) is 5.41 Å². The van der Waals surface area contributed by atoms with Gasteiger partial charge in [0.15, 0.2) is 5.69 Å². The van der Waals surface area contributed by atoms with Crippen molar-refractivity contribution in [3.8, 4) is 0 Å². The first-order valence-electron chi connectivity index (χ1n) is 9.34. The lowest BCUT2D eigenvalue weighted by atomic mass is 10.0. The summed E-state index contributed by atoms with van der Waals surface area (Å²) in [6, 6.07) is 3.66. The Kier molecular flexibility index (Phi) is 6.05. The Bertz CT molecular complexity index is 1270. The molecule has 0 aliphatic rings. The molecule has 1 aromatic carbocycles.